The normalized spacial score (nSPS) is 26.1. The third kappa shape index (κ3) is 7.23. The van der Waals surface area contributed by atoms with E-state index in [0.29, 0.717) is 48.6 Å². The van der Waals surface area contributed by atoms with Crippen LogP contribution in [-0.2, 0) is 17.9 Å². The average Bonchev–Trinajstić information content (AvgIpc) is 3.57. The number of aliphatic hydroxyl groups is 3. The number of aromatic nitrogens is 3. The molecule has 1 fully saturated rings. The summed E-state index contributed by atoms with van der Waals surface area (Å²) in [4.78, 5) is 16.6. The number of alkyl halides is 1. The van der Waals surface area contributed by atoms with Gasteiger partial charge in [0.2, 0.25) is 5.79 Å². The summed E-state index contributed by atoms with van der Waals surface area (Å²) in [7, 11) is 0. The number of benzene rings is 2. The van der Waals surface area contributed by atoms with Gasteiger partial charge in [-0.25, -0.2) is 4.68 Å². The number of rotatable bonds is 16. The number of oxime groups is 1. The number of aryl methyl sites for hydroxylation is 1. The Morgan fingerprint density at radius 2 is 1.84 bits per heavy atom. The molecule has 6 rings (SSSR count). The van der Waals surface area contributed by atoms with Crippen LogP contribution < -0.4 is 4.74 Å². The van der Waals surface area contributed by atoms with Gasteiger partial charge in [0.05, 0.1) is 28.4 Å². The van der Waals surface area contributed by atoms with Crippen molar-refractivity contribution >= 4 is 23.0 Å². The molecule has 2 heterocycles. The second kappa shape index (κ2) is 15.9. The van der Waals surface area contributed by atoms with Gasteiger partial charge < -0.3 is 30.0 Å². The Balaban J connectivity index is 1.48. The Morgan fingerprint density at radius 1 is 1.08 bits per heavy atom. The second-order valence-corrected chi connectivity index (χ2v) is 13.8. The molecule has 0 radical (unpaired) electrons. The molecule has 0 spiro atoms. The zero-order valence-corrected chi connectivity index (χ0v) is 28.6. The molecule has 0 amide bonds. The van der Waals surface area contributed by atoms with Crippen LogP contribution in [-0.4, -0.2) is 70.9 Å². The minimum atomic E-state index is -1.79. The number of hydrogen-bond donors (Lipinski definition) is 4. The minimum Gasteiger partial charge on any atom is -0.508 e. The summed E-state index contributed by atoms with van der Waals surface area (Å²) in [5, 5.41) is 67.5. The predicted molar refractivity (Wildman–Crippen MR) is 185 cm³/mol. The van der Waals surface area contributed by atoms with E-state index in [1.807, 2.05) is 0 Å². The molecule has 0 unspecified atom stereocenters. The molecule has 0 bridgehead atoms. The summed E-state index contributed by atoms with van der Waals surface area (Å²) in [6, 6.07) is 10.3. The van der Waals surface area contributed by atoms with Crippen molar-refractivity contribution in [1.29, 1.82) is 0 Å². The molecule has 268 valence electrons. The van der Waals surface area contributed by atoms with Crippen molar-refractivity contribution in [3.8, 4) is 11.5 Å². The number of nitro benzene ring substituents is 1. The standard InChI is InChI=1S/C36H44ClN5O8/c37-15-5-7-26-21-38-40-41(26)33-20-31(39-49-22-23-9-11-25(12-10-23)42(47)48)29-18-24(6-1-3-16-43)28(8-2-4-17-44)34-30-19-27(45)13-14-32(30)50-36(33,46)35(29)34/h9-14,18-19,21,24,28,33-35,43-46H,1-8,15-17,20,22H2/t24-,28+,33-,34+,35+,36+/m0/s1. The number of nitrogens with zero attached hydrogens (tertiary/aromatic N) is 5. The monoisotopic (exact) mass is 709 g/mol. The number of halogens is 1. The molecule has 6 atom stereocenters. The van der Waals surface area contributed by atoms with Gasteiger partial charge in [-0.1, -0.05) is 29.3 Å². The molecule has 3 aromatic rings. The number of allylic oxidation sites excluding steroid dienone is 1. The maximum Gasteiger partial charge on any atom is 0.269 e. The van der Waals surface area contributed by atoms with Crippen LogP contribution in [0.1, 0.15) is 80.1 Å². The van der Waals surface area contributed by atoms with E-state index >= 15 is 0 Å². The average molecular weight is 710 g/mol. The predicted octanol–water partition coefficient (Wildman–Crippen LogP) is 5.56. The first-order chi connectivity index (χ1) is 24.3. The zero-order valence-electron chi connectivity index (χ0n) is 27.8. The molecule has 1 aromatic heterocycles. The number of unbranched alkanes of at least 4 members (excludes halogenated alkanes) is 2. The Labute approximate surface area is 295 Å². The van der Waals surface area contributed by atoms with Gasteiger partial charge in [-0.15, -0.1) is 16.7 Å². The lowest BCUT2D eigenvalue weighted by molar-refractivity contribution is -0.384. The lowest BCUT2D eigenvalue weighted by Crippen LogP contribution is -2.62. The summed E-state index contributed by atoms with van der Waals surface area (Å²) >= 11 is 6.06. The third-order valence-corrected chi connectivity index (χ3v) is 10.6. The Morgan fingerprint density at radius 3 is 2.56 bits per heavy atom. The van der Waals surface area contributed by atoms with Crippen LogP contribution >= 0.6 is 11.6 Å². The third-order valence-electron chi connectivity index (χ3n) is 10.3. The highest BCUT2D eigenvalue weighted by Crippen LogP contribution is 2.62. The van der Waals surface area contributed by atoms with E-state index in [-0.39, 0.29) is 55.4 Å². The zero-order chi connectivity index (χ0) is 35.3. The molecule has 13 nitrogen and oxygen atoms in total. The van der Waals surface area contributed by atoms with Crippen LogP contribution in [0.5, 0.6) is 11.5 Å². The topological polar surface area (TPSA) is 186 Å². The lowest BCUT2D eigenvalue weighted by atomic mass is 9.55. The van der Waals surface area contributed by atoms with E-state index in [0.717, 1.165) is 42.5 Å². The molecule has 2 aliphatic carbocycles. The van der Waals surface area contributed by atoms with Crippen molar-refractivity contribution in [3.05, 3.63) is 87.2 Å². The first-order valence-electron chi connectivity index (χ1n) is 17.3. The van der Waals surface area contributed by atoms with E-state index in [1.165, 1.54) is 12.1 Å². The molecule has 1 saturated carbocycles. The van der Waals surface area contributed by atoms with Crippen LogP contribution in [0.15, 0.2) is 65.5 Å². The SMILES string of the molecule is O=[N+]([O-])c1ccc(CON=C2C[C@H](n3nncc3CCCCl)[C@@]3(O)Oc4ccc(O)cc4[C@H]4[C@H](CCCCO)[C@@H](CCCCO)C=C2[C@H]43)cc1. The molecule has 14 heteroatoms. The van der Waals surface area contributed by atoms with Crippen LogP contribution in [0.3, 0.4) is 0 Å². The first-order valence-corrected chi connectivity index (χ1v) is 17.9. The van der Waals surface area contributed by atoms with Gasteiger partial charge in [-0.2, -0.15) is 0 Å². The van der Waals surface area contributed by atoms with Crippen LogP contribution in [0.2, 0.25) is 0 Å². The smallest absolute Gasteiger partial charge is 0.269 e. The number of ether oxygens (including phenoxy) is 1. The van der Waals surface area contributed by atoms with E-state index in [9.17, 15) is 30.5 Å². The highest BCUT2D eigenvalue weighted by molar-refractivity contribution is 6.17. The van der Waals surface area contributed by atoms with Crippen molar-refractivity contribution < 1.29 is 34.9 Å². The number of fused-ring (bicyclic) bond motifs is 2. The molecular weight excluding hydrogens is 666 g/mol. The van der Waals surface area contributed by atoms with E-state index < -0.39 is 22.7 Å². The number of nitro groups is 1. The lowest BCUT2D eigenvalue weighted by Gasteiger charge is -2.56. The molecule has 2 aromatic carbocycles. The van der Waals surface area contributed by atoms with Crippen LogP contribution in [0.25, 0.3) is 0 Å². The van der Waals surface area contributed by atoms with Gasteiger partial charge >= 0.3 is 0 Å². The van der Waals surface area contributed by atoms with Gasteiger partial charge in [0.1, 0.15) is 24.1 Å². The first kappa shape index (κ1) is 35.8. The Hall–Kier alpha value is -4.04. The Bertz CT molecular complexity index is 1700. The number of phenols is 1. The molecule has 0 saturated heterocycles. The number of aliphatic hydroxyl groups excluding tert-OH is 2. The van der Waals surface area contributed by atoms with Crippen LogP contribution in [0.4, 0.5) is 5.69 Å². The van der Waals surface area contributed by atoms with Gasteiger partial charge in [0.25, 0.3) is 5.69 Å². The molecule has 4 N–H and O–H groups in total. The quantitative estimate of drug-likeness (QED) is 0.0635. The highest BCUT2D eigenvalue weighted by atomic mass is 35.5. The fraction of sp³-hybridized carbons (Fsp3) is 0.528. The number of aromatic hydroxyl groups is 1. The maximum absolute atomic E-state index is 13.0. The van der Waals surface area contributed by atoms with Crippen molar-refractivity contribution in [3.63, 3.8) is 0 Å². The molecule has 50 heavy (non-hydrogen) atoms. The summed E-state index contributed by atoms with van der Waals surface area (Å²) < 4.78 is 8.35. The summed E-state index contributed by atoms with van der Waals surface area (Å²) in [6.07, 6.45) is 9.73. The van der Waals surface area contributed by atoms with E-state index in [2.05, 4.69) is 21.5 Å². The number of phenolic OH excluding ortho intramolecular Hbond substituents is 1. The summed E-state index contributed by atoms with van der Waals surface area (Å²) in [6.45, 7) is 0.229. The summed E-state index contributed by atoms with van der Waals surface area (Å²) in [5.74, 6) is -1.65. The van der Waals surface area contributed by atoms with Crippen molar-refractivity contribution in [2.75, 3.05) is 19.1 Å². The van der Waals surface area contributed by atoms with Gasteiger partial charge in [-0.05, 0) is 91.8 Å². The van der Waals surface area contributed by atoms with Gasteiger partial charge in [0.15, 0.2) is 0 Å². The largest absolute Gasteiger partial charge is 0.508 e. The summed E-state index contributed by atoms with van der Waals surface area (Å²) in [5.41, 5.74) is 3.67. The minimum absolute atomic E-state index is 0.0115. The van der Waals surface area contributed by atoms with Crippen LogP contribution in [0, 0.1) is 27.9 Å². The number of non-ortho nitro benzene ring substituents is 1. The van der Waals surface area contributed by atoms with Crippen molar-refractivity contribution in [2.24, 2.45) is 22.9 Å². The van der Waals surface area contributed by atoms with Crippen molar-refractivity contribution in [2.45, 2.75) is 82.1 Å². The molecule has 1 aliphatic heterocycles. The fourth-order valence-corrected chi connectivity index (χ4v) is 8.20. The highest BCUT2D eigenvalue weighted by Gasteiger charge is 2.63. The Kier molecular flexibility index (Phi) is 11.4. The van der Waals surface area contributed by atoms with Gasteiger partial charge in [0, 0.05) is 49.1 Å². The maximum atomic E-state index is 13.0. The van der Waals surface area contributed by atoms with E-state index in [1.54, 1.807) is 41.2 Å². The fourth-order valence-electron chi connectivity index (χ4n) is 8.06. The van der Waals surface area contributed by atoms with E-state index in [4.69, 9.17) is 21.2 Å². The number of hydrogen-bond acceptors (Lipinski definition) is 11. The second-order valence-electron chi connectivity index (χ2n) is 13.4. The molecule has 3 aliphatic rings. The van der Waals surface area contributed by atoms with Crippen molar-refractivity contribution in [1.82, 2.24) is 15.0 Å². The van der Waals surface area contributed by atoms with Gasteiger partial charge in [-0.3, -0.25) is 10.1 Å². The molecular formula is C36H44ClN5O8.